The Balaban J connectivity index is 2.01. The quantitative estimate of drug-likeness (QED) is 0.825. The van der Waals surface area contributed by atoms with Crippen LogP contribution in [0.15, 0.2) is 11.1 Å². The molecule has 6 nitrogen and oxygen atoms in total. The number of nitrogens with zero attached hydrogens (tertiary/aromatic N) is 3. The molecular weight excluding hydrogens is 264 g/mol. The van der Waals surface area contributed by atoms with Crippen molar-refractivity contribution in [1.82, 2.24) is 4.98 Å². The molecule has 98 valence electrons. The topological polar surface area (TPSA) is 105 Å². The first-order valence-electron chi connectivity index (χ1n) is 5.71. The summed E-state index contributed by atoms with van der Waals surface area (Å²) >= 11 is 1.41. The van der Waals surface area contributed by atoms with Gasteiger partial charge in [-0.15, -0.1) is 11.8 Å². The number of nitrogen functional groups attached to an aromatic ring is 1. The van der Waals surface area contributed by atoms with Crippen molar-refractivity contribution in [2.45, 2.75) is 17.7 Å². The molecule has 2 rings (SSSR count). The third-order valence-corrected chi connectivity index (χ3v) is 3.57. The van der Waals surface area contributed by atoms with Gasteiger partial charge in [0.2, 0.25) is 0 Å². The second-order valence-corrected chi connectivity index (χ2v) is 4.89. The first-order chi connectivity index (χ1) is 9.24. The zero-order valence-electron chi connectivity index (χ0n) is 10.1. The van der Waals surface area contributed by atoms with E-state index < -0.39 is 0 Å². The highest BCUT2D eigenvalue weighted by molar-refractivity contribution is 7.99. The van der Waals surface area contributed by atoms with Gasteiger partial charge in [0.15, 0.2) is 6.29 Å². The number of hydrogen-bond donors (Lipinski definition) is 1. The second-order valence-electron chi connectivity index (χ2n) is 3.81. The van der Waals surface area contributed by atoms with E-state index in [1.807, 2.05) is 12.1 Å². The van der Waals surface area contributed by atoms with Crippen LogP contribution in [0, 0.1) is 22.7 Å². The van der Waals surface area contributed by atoms with E-state index in [0.29, 0.717) is 29.6 Å². The summed E-state index contributed by atoms with van der Waals surface area (Å²) in [5, 5.41) is 18.4. The van der Waals surface area contributed by atoms with Crippen LogP contribution >= 0.6 is 11.8 Å². The van der Waals surface area contributed by atoms with Crippen LogP contribution in [-0.2, 0) is 9.47 Å². The predicted octanol–water partition coefficient (Wildman–Crippen LogP) is 1.26. The lowest BCUT2D eigenvalue weighted by molar-refractivity contribution is -0.0421. The highest BCUT2D eigenvalue weighted by Crippen LogP contribution is 2.25. The lowest BCUT2D eigenvalue weighted by Gasteiger charge is -2.09. The van der Waals surface area contributed by atoms with Crippen molar-refractivity contribution in [3.63, 3.8) is 0 Å². The van der Waals surface area contributed by atoms with Crippen molar-refractivity contribution >= 4 is 17.6 Å². The van der Waals surface area contributed by atoms with Crippen molar-refractivity contribution in [3.8, 4) is 12.1 Å². The van der Waals surface area contributed by atoms with Crippen LogP contribution in [-0.4, -0.2) is 30.2 Å². The Bertz CT molecular complexity index is 544. The van der Waals surface area contributed by atoms with Crippen molar-refractivity contribution < 1.29 is 9.47 Å². The molecule has 1 aliphatic heterocycles. The zero-order valence-corrected chi connectivity index (χ0v) is 10.9. The van der Waals surface area contributed by atoms with E-state index in [1.165, 1.54) is 17.8 Å². The molecule has 0 saturated carbocycles. The minimum Gasteiger partial charge on any atom is -0.383 e. The number of thioether (sulfide) groups is 1. The molecule has 0 unspecified atom stereocenters. The normalized spacial score (nSPS) is 15.1. The molecule has 0 bridgehead atoms. The summed E-state index contributed by atoms with van der Waals surface area (Å²) < 4.78 is 10.6. The lowest BCUT2D eigenvalue weighted by atomic mass is 10.2. The number of ether oxygens (including phenoxy) is 2. The summed E-state index contributed by atoms with van der Waals surface area (Å²) in [5.41, 5.74) is 6.23. The van der Waals surface area contributed by atoms with Crippen LogP contribution in [0.1, 0.15) is 17.5 Å². The molecule has 0 atom stereocenters. The summed E-state index contributed by atoms with van der Waals surface area (Å²) in [4.78, 5) is 4.09. The first kappa shape index (κ1) is 13.6. The summed E-state index contributed by atoms with van der Waals surface area (Å²) in [7, 11) is 0. The van der Waals surface area contributed by atoms with E-state index in [0.717, 1.165) is 6.42 Å². The van der Waals surface area contributed by atoms with Gasteiger partial charge in [-0.05, 0) is 6.07 Å². The zero-order chi connectivity index (χ0) is 13.7. The summed E-state index contributed by atoms with van der Waals surface area (Å²) in [6, 6.07) is 5.40. The van der Waals surface area contributed by atoms with Gasteiger partial charge in [-0.1, -0.05) is 0 Å². The third-order valence-electron chi connectivity index (χ3n) is 2.54. The highest BCUT2D eigenvalue weighted by Gasteiger charge is 2.16. The van der Waals surface area contributed by atoms with Crippen molar-refractivity contribution in [2.24, 2.45) is 0 Å². The predicted molar refractivity (Wildman–Crippen MR) is 69.1 cm³/mol. The van der Waals surface area contributed by atoms with E-state index >= 15 is 0 Å². The maximum atomic E-state index is 9.04. The number of rotatable bonds is 4. The Labute approximate surface area is 115 Å². The minimum atomic E-state index is -0.172. The average Bonchev–Trinajstić information content (AvgIpc) is 2.92. The maximum absolute atomic E-state index is 9.04. The van der Waals surface area contributed by atoms with Gasteiger partial charge in [0, 0.05) is 12.2 Å². The SMILES string of the molecule is N#Cc1cc(C#N)c(SCCC2OCCO2)nc1N. The molecule has 0 spiro atoms. The Morgan fingerprint density at radius 3 is 2.63 bits per heavy atom. The largest absolute Gasteiger partial charge is 0.383 e. The third kappa shape index (κ3) is 3.36. The number of nitriles is 2. The minimum absolute atomic E-state index is 0.150. The second kappa shape index (κ2) is 6.39. The smallest absolute Gasteiger partial charge is 0.158 e. The van der Waals surface area contributed by atoms with Gasteiger partial charge in [-0.3, -0.25) is 0 Å². The van der Waals surface area contributed by atoms with Crippen LogP contribution in [0.3, 0.4) is 0 Å². The van der Waals surface area contributed by atoms with Gasteiger partial charge >= 0.3 is 0 Å². The van der Waals surface area contributed by atoms with E-state index in [4.69, 9.17) is 25.7 Å². The molecule has 0 amide bonds. The molecule has 1 aliphatic rings. The van der Waals surface area contributed by atoms with Gasteiger partial charge in [0.05, 0.1) is 24.3 Å². The van der Waals surface area contributed by atoms with Crippen molar-refractivity contribution in [3.05, 3.63) is 17.2 Å². The van der Waals surface area contributed by atoms with Crippen LogP contribution in [0.4, 0.5) is 5.82 Å². The Kier molecular flexibility index (Phi) is 4.58. The number of nitrogens with two attached hydrogens (primary N) is 1. The summed E-state index contributed by atoms with van der Waals surface area (Å²) in [6.45, 7) is 1.25. The molecule has 7 heteroatoms. The fourth-order valence-electron chi connectivity index (χ4n) is 1.62. The monoisotopic (exact) mass is 276 g/mol. The molecule has 1 fully saturated rings. The summed E-state index contributed by atoms with van der Waals surface area (Å²) in [6.07, 6.45) is 0.547. The molecule has 2 heterocycles. The van der Waals surface area contributed by atoms with Crippen molar-refractivity contribution in [1.29, 1.82) is 10.5 Å². The van der Waals surface area contributed by atoms with Crippen LogP contribution < -0.4 is 5.73 Å². The Morgan fingerprint density at radius 1 is 1.32 bits per heavy atom. The fraction of sp³-hybridized carbons (Fsp3) is 0.417. The molecule has 1 aromatic heterocycles. The fourth-order valence-corrected chi connectivity index (χ4v) is 2.54. The molecular formula is C12H12N4O2S. The summed E-state index contributed by atoms with van der Waals surface area (Å²) in [5.74, 6) is 0.856. The number of aromatic nitrogens is 1. The van der Waals surface area contributed by atoms with Gasteiger partial charge < -0.3 is 15.2 Å². The molecule has 2 N–H and O–H groups in total. The van der Waals surface area contributed by atoms with Gasteiger partial charge in [-0.2, -0.15) is 10.5 Å². The van der Waals surface area contributed by atoms with E-state index in [2.05, 4.69) is 4.98 Å². The maximum Gasteiger partial charge on any atom is 0.158 e. The van der Waals surface area contributed by atoms with Crippen LogP contribution in [0.2, 0.25) is 0 Å². The van der Waals surface area contributed by atoms with E-state index in [-0.39, 0.29) is 17.7 Å². The first-order valence-corrected chi connectivity index (χ1v) is 6.70. The lowest BCUT2D eigenvalue weighted by Crippen LogP contribution is -2.08. The van der Waals surface area contributed by atoms with E-state index in [1.54, 1.807) is 0 Å². The standard InChI is InChI=1S/C12H12N4O2S/c13-6-8-5-9(7-14)12(16-11(8)15)19-4-1-10-17-2-3-18-10/h5,10H,1-4H2,(H2,15,16). The molecule has 19 heavy (non-hydrogen) atoms. The van der Waals surface area contributed by atoms with Gasteiger partial charge in [-0.25, -0.2) is 4.98 Å². The molecule has 1 saturated heterocycles. The number of pyridine rings is 1. The molecule has 1 aromatic rings. The average molecular weight is 276 g/mol. The Hall–Kier alpha value is -1.80. The Morgan fingerprint density at radius 2 is 2.00 bits per heavy atom. The van der Waals surface area contributed by atoms with Crippen LogP contribution in [0.5, 0.6) is 0 Å². The highest BCUT2D eigenvalue weighted by atomic mass is 32.2. The molecule has 0 aromatic carbocycles. The number of anilines is 1. The molecule has 0 aliphatic carbocycles. The van der Waals surface area contributed by atoms with Gasteiger partial charge in [0.1, 0.15) is 23.0 Å². The van der Waals surface area contributed by atoms with Gasteiger partial charge in [0.25, 0.3) is 0 Å². The van der Waals surface area contributed by atoms with Crippen molar-refractivity contribution in [2.75, 3.05) is 24.7 Å². The molecule has 0 radical (unpaired) electrons. The van der Waals surface area contributed by atoms with E-state index in [9.17, 15) is 0 Å². The van der Waals surface area contributed by atoms with Crippen LogP contribution in [0.25, 0.3) is 0 Å². The number of hydrogen-bond acceptors (Lipinski definition) is 7.